The van der Waals surface area contributed by atoms with Crippen molar-refractivity contribution in [2.75, 3.05) is 32.7 Å². The Kier molecular flexibility index (Phi) is 8.23. The van der Waals surface area contributed by atoms with E-state index in [2.05, 4.69) is 25.7 Å². The van der Waals surface area contributed by atoms with Crippen molar-refractivity contribution in [2.24, 2.45) is 5.92 Å². The van der Waals surface area contributed by atoms with Crippen LogP contribution in [0.5, 0.6) is 0 Å². The van der Waals surface area contributed by atoms with E-state index in [9.17, 15) is 23.5 Å². The van der Waals surface area contributed by atoms with Gasteiger partial charge in [0.2, 0.25) is 5.91 Å². The van der Waals surface area contributed by atoms with Crippen molar-refractivity contribution < 1.29 is 23.5 Å². The zero-order valence-corrected chi connectivity index (χ0v) is 23.0. The third kappa shape index (κ3) is 5.91. The first-order valence-corrected chi connectivity index (χ1v) is 13.4. The zero-order chi connectivity index (χ0) is 27.8. The lowest BCUT2D eigenvalue weighted by Crippen LogP contribution is -2.59. The first-order valence-electron chi connectivity index (χ1n) is 13.4. The number of benzene rings is 2. The van der Waals surface area contributed by atoms with Crippen molar-refractivity contribution in [2.45, 2.75) is 64.6 Å². The summed E-state index contributed by atoms with van der Waals surface area (Å²) in [6.07, 6.45) is 0.401. The molecule has 2 aliphatic rings. The molecule has 206 valence electrons. The Balaban J connectivity index is 1.52. The Morgan fingerprint density at radius 3 is 2.37 bits per heavy atom. The van der Waals surface area contributed by atoms with Crippen molar-refractivity contribution in [3.63, 3.8) is 0 Å². The maximum atomic E-state index is 14.9. The van der Waals surface area contributed by atoms with Gasteiger partial charge in [-0.1, -0.05) is 30.3 Å². The van der Waals surface area contributed by atoms with E-state index in [0.717, 1.165) is 17.2 Å². The van der Waals surface area contributed by atoms with Crippen LogP contribution in [0.1, 0.15) is 50.3 Å². The van der Waals surface area contributed by atoms with Gasteiger partial charge in [-0.3, -0.25) is 19.4 Å². The Bertz CT molecular complexity index is 1180. The fourth-order valence-corrected chi connectivity index (χ4v) is 5.95. The fourth-order valence-electron chi connectivity index (χ4n) is 5.95. The van der Waals surface area contributed by atoms with Gasteiger partial charge in [0.15, 0.2) is 0 Å². The Morgan fingerprint density at radius 2 is 1.76 bits per heavy atom. The minimum atomic E-state index is -0.872. The molecule has 0 saturated carbocycles. The maximum Gasteiger partial charge on any atom is 0.321 e. The lowest BCUT2D eigenvalue weighted by atomic mass is 9.87. The first kappa shape index (κ1) is 28.2. The summed E-state index contributed by atoms with van der Waals surface area (Å²) < 4.78 is 28.5. The summed E-state index contributed by atoms with van der Waals surface area (Å²) in [7, 11) is 0. The van der Waals surface area contributed by atoms with Gasteiger partial charge < -0.3 is 10.0 Å². The number of carboxylic acids is 1. The summed E-state index contributed by atoms with van der Waals surface area (Å²) in [4.78, 5) is 32.2. The predicted molar refractivity (Wildman–Crippen MR) is 143 cm³/mol. The highest BCUT2D eigenvalue weighted by Crippen LogP contribution is 2.39. The molecular formula is C30H39F2N3O3. The number of carboxylic acid groups (broad SMARTS) is 1. The molecule has 0 spiro atoms. The molecule has 2 aliphatic heterocycles. The van der Waals surface area contributed by atoms with Crippen LogP contribution in [0.2, 0.25) is 0 Å². The molecule has 4 atom stereocenters. The van der Waals surface area contributed by atoms with Gasteiger partial charge in [0.1, 0.15) is 17.7 Å². The quantitative estimate of drug-likeness (QED) is 0.607. The van der Waals surface area contributed by atoms with Crippen LogP contribution in [0.3, 0.4) is 0 Å². The van der Waals surface area contributed by atoms with Gasteiger partial charge >= 0.3 is 5.97 Å². The predicted octanol–water partition coefficient (Wildman–Crippen LogP) is 4.32. The Labute approximate surface area is 224 Å². The standard InChI is InChI=1S/C30H39F2N3O3/c1-19-8-6-7-9-21(19)14-27(29(37)38)33-12-13-35(20(2)16-33)28(36)25-18-34(30(3,4)5)17-24(25)23-11-10-22(31)15-26(23)32/h6-11,15,20,24-25,27H,12-14,16-18H2,1-5H3,(H,37,38)/t20-,24-,25+,27?/m0/s1. The molecular weight excluding hydrogens is 488 g/mol. The molecule has 0 aromatic heterocycles. The Hall–Kier alpha value is -2.84. The molecule has 4 rings (SSSR count). The second-order valence-corrected chi connectivity index (χ2v) is 11.8. The summed E-state index contributed by atoms with van der Waals surface area (Å²) in [5.41, 5.74) is 2.22. The monoisotopic (exact) mass is 527 g/mol. The number of piperazine rings is 1. The van der Waals surface area contributed by atoms with Crippen LogP contribution in [-0.4, -0.2) is 82.0 Å². The molecule has 2 fully saturated rings. The molecule has 1 unspecified atom stereocenters. The van der Waals surface area contributed by atoms with Crippen LogP contribution in [0.4, 0.5) is 8.78 Å². The minimum Gasteiger partial charge on any atom is -0.480 e. The number of hydrogen-bond acceptors (Lipinski definition) is 4. The van der Waals surface area contributed by atoms with Gasteiger partial charge in [0.05, 0.1) is 5.92 Å². The van der Waals surface area contributed by atoms with Gasteiger partial charge in [-0.05, 0) is 63.8 Å². The highest BCUT2D eigenvalue weighted by atomic mass is 19.1. The molecule has 2 heterocycles. The smallest absolute Gasteiger partial charge is 0.321 e. The van der Waals surface area contributed by atoms with Crippen LogP contribution in [0, 0.1) is 24.5 Å². The number of likely N-dealkylation sites (tertiary alicyclic amines) is 1. The lowest BCUT2D eigenvalue weighted by molar-refractivity contribution is -0.147. The summed E-state index contributed by atoms with van der Waals surface area (Å²) in [6, 6.07) is 10.5. The van der Waals surface area contributed by atoms with Crippen LogP contribution < -0.4 is 0 Å². The average molecular weight is 528 g/mol. The SMILES string of the molecule is Cc1ccccc1CC(C(=O)O)N1CCN(C(=O)[C@@H]2CN(C(C)(C)C)C[C@H]2c2ccc(F)cc2F)[C@@H](C)C1. The number of halogens is 2. The van der Waals surface area contributed by atoms with E-state index in [4.69, 9.17) is 0 Å². The van der Waals surface area contributed by atoms with Crippen molar-refractivity contribution >= 4 is 11.9 Å². The number of aryl methyl sites for hydroxylation is 1. The van der Waals surface area contributed by atoms with Crippen molar-refractivity contribution in [1.29, 1.82) is 0 Å². The van der Waals surface area contributed by atoms with Crippen LogP contribution in [-0.2, 0) is 16.0 Å². The number of hydrogen-bond donors (Lipinski definition) is 1. The van der Waals surface area contributed by atoms with Gasteiger partial charge in [-0.15, -0.1) is 0 Å². The summed E-state index contributed by atoms with van der Waals surface area (Å²) >= 11 is 0. The third-order valence-electron chi connectivity index (χ3n) is 8.29. The van der Waals surface area contributed by atoms with Crippen LogP contribution >= 0.6 is 0 Å². The van der Waals surface area contributed by atoms with E-state index in [1.54, 1.807) is 0 Å². The molecule has 6 nitrogen and oxygen atoms in total. The second kappa shape index (κ2) is 11.1. The Morgan fingerprint density at radius 1 is 1.05 bits per heavy atom. The third-order valence-corrected chi connectivity index (χ3v) is 8.29. The van der Waals surface area contributed by atoms with E-state index >= 15 is 0 Å². The topological polar surface area (TPSA) is 64.1 Å². The molecule has 2 saturated heterocycles. The molecule has 8 heteroatoms. The number of aliphatic carboxylic acids is 1. The van der Waals surface area contributed by atoms with Gasteiger partial charge in [-0.25, -0.2) is 8.78 Å². The fraction of sp³-hybridized carbons (Fsp3) is 0.533. The van der Waals surface area contributed by atoms with Crippen molar-refractivity contribution in [3.8, 4) is 0 Å². The number of rotatable bonds is 6. The molecule has 0 radical (unpaired) electrons. The highest BCUT2D eigenvalue weighted by molar-refractivity contribution is 5.81. The van der Waals surface area contributed by atoms with E-state index in [1.165, 1.54) is 12.1 Å². The maximum absolute atomic E-state index is 14.9. The normalized spacial score (nSPS) is 24.0. The molecule has 2 aromatic carbocycles. The van der Waals surface area contributed by atoms with E-state index in [-0.39, 0.29) is 23.4 Å². The average Bonchev–Trinajstić information content (AvgIpc) is 3.29. The molecule has 0 bridgehead atoms. The highest BCUT2D eigenvalue weighted by Gasteiger charge is 2.46. The number of carbonyl (C=O) groups is 2. The largest absolute Gasteiger partial charge is 0.480 e. The lowest BCUT2D eigenvalue weighted by Gasteiger charge is -2.43. The number of carbonyl (C=O) groups excluding carboxylic acids is 1. The van der Waals surface area contributed by atoms with Gasteiger partial charge in [0.25, 0.3) is 0 Å². The summed E-state index contributed by atoms with van der Waals surface area (Å²) in [5.74, 6) is -3.04. The summed E-state index contributed by atoms with van der Waals surface area (Å²) in [6.45, 7) is 12.4. The first-order chi connectivity index (χ1) is 17.9. The second-order valence-electron chi connectivity index (χ2n) is 11.8. The van der Waals surface area contributed by atoms with Crippen molar-refractivity contribution in [1.82, 2.24) is 14.7 Å². The molecule has 38 heavy (non-hydrogen) atoms. The summed E-state index contributed by atoms with van der Waals surface area (Å²) in [5, 5.41) is 10.0. The number of nitrogens with zero attached hydrogens (tertiary/aromatic N) is 3. The van der Waals surface area contributed by atoms with Gasteiger partial charge in [-0.2, -0.15) is 0 Å². The van der Waals surface area contributed by atoms with E-state index < -0.39 is 29.6 Å². The number of amides is 1. The molecule has 1 N–H and O–H groups in total. The molecule has 2 aromatic rings. The minimum absolute atomic E-state index is 0.0524. The van der Waals surface area contributed by atoms with Crippen LogP contribution in [0.15, 0.2) is 42.5 Å². The zero-order valence-electron chi connectivity index (χ0n) is 23.0. The van der Waals surface area contributed by atoms with Gasteiger partial charge in [0, 0.05) is 56.3 Å². The van der Waals surface area contributed by atoms with Crippen LogP contribution in [0.25, 0.3) is 0 Å². The van der Waals surface area contributed by atoms with Crippen molar-refractivity contribution in [3.05, 3.63) is 70.8 Å². The molecule has 1 amide bonds. The van der Waals surface area contributed by atoms with E-state index in [1.807, 2.05) is 47.9 Å². The van der Waals surface area contributed by atoms with E-state index in [0.29, 0.717) is 44.7 Å². The molecule has 0 aliphatic carbocycles.